The molecule has 1 aliphatic rings. The maximum Gasteiger partial charge on any atom is 0.335 e. The van der Waals surface area contributed by atoms with Crippen molar-refractivity contribution in [2.45, 2.75) is 13.3 Å². The molecule has 5 heteroatoms. The van der Waals surface area contributed by atoms with Gasteiger partial charge in [0.15, 0.2) is 0 Å². The molecular weight excluding hydrogens is 258 g/mol. The first-order valence-electron chi connectivity index (χ1n) is 6.21. The number of imide groups is 1. The fraction of sp³-hybridized carbons (Fsp3) is 0.133. The van der Waals surface area contributed by atoms with Crippen molar-refractivity contribution in [3.8, 4) is 0 Å². The van der Waals surface area contributed by atoms with Crippen LogP contribution < -0.4 is 5.32 Å². The minimum Gasteiger partial charge on any atom is -0.478 e. The smallest absolute Gasteiger partial charge is 0.335 e. The zero-order valence-corrected chi connectivity index (χ0v) is 10.7. The summed E-state index contributed by atoms with van der Waals surface area (Å²) in [7, 11) is 0. The van der Waals surface area contributed by atoms with E-state index in [2.05, 4.69) is 5.32 Å². The van der Waals surface area contributed by atoms with Crippen LogP contribution in [0.1, 0.15) is 43.6 Å². The highest BCUT2D eigenvalue weighted by molar-refractivity contribution is 6.27. The van der Waals surface area contributed by atoms with Gasteiger partial charge in [-0.25, -0.2) is 4.79 Å². The fourth-order valence-electron chi connectivity index (χ4n) is 2.60. The molecule has 0 atom stereocenters. The number of carbonyl (C=O) groups is 3. The number of benzene rings is 2. The maximum absolute atomic E-state index is 11.9. The van der Waals surface area contributed by atoms with Gasteiger partial charge in [-0.2, -0.15) is 0 Å². The SMILES string of the molecule is CCc1cc2cc(C(=O)O)ccc2c2c1C(=O)NC2=O. The molecule has 2 aromatic rings. The van der Waals surface area contributed by atoms with Gasteiger partial charge in [0, 0.05) is 0 Å². The molecule has 0 fully saturated rings. The van der Waals surface area contributed by atoms with E-state index >= 15 is 0 Å². The van der Waals surface area contributed by atoms with Gasteiger partial charge in [0.05, 0.1) is 16.7 Å². The molecule has 1 aliphatic heterocycles. The van der Waals surface area contributed by atoms with Crippen molar-refractivity contribution in [1.29, 1.82) is 0 Å². The van der Waals surface area contributed by atoms with Crippen molar-refractivity contribution in [2.75, 3.05) is 0 Å². The summed E-state index contributed by atoms with van der Waals surface area (Å²) in [4.78, 5) is 34.8. The number of carboxylic acids is 1. The minimum atomic E-state index is -1.02. The van der Waals surface area contributed by atoms with E-state index in [0.29, 0.717) is 28.3 Å². The topological polar surface area (TPSA) is 83.5 Å². The van der Waals surface area contributed by atoms with Crippen LogP contribution in [-0.2, 0) is 6.42 Å². The van der Waals surface area contributed by atoms with Crippen LogP contribution in [0.2, 0.25) is 0 Å². The summed E-state index contributed by atoms with van der Waals surface area (Å²) in [6.45, 7) is 1.89. The lowest BCUT2D eigenvalue weighted by atomic mass is 9.93. The van der Waals surface area contributed by atoms with Gasteiger partial charge in [-0.05, 0) is 34.9 Å². The minimum absolute atomic E-state index is 0.157. The first-order valence-corrected chi connectivity index (χ1v) is 6.21. The van der Waals surface area contributed by atoms with Gasteiger partial charge in [-0.3, -0.25) is 14.9 Å². The van der Waals surface area contributed by atoms with Crippen molar-refractivity contribution in [3.05, 3.63) is 46.5 Å². The third-order valence-corrected chi connectivity index (χ3v) is 3.53. The number of carbonyl (C=O) groups excluding carboxylic acids is 2. The van der Waals surface area contributed by atoms with Crippen LogP contribution in [-0.4, -0.2) is 22.9 Å². The highest BCUT2D eigenvalue weighted by Crippen LogP contribution is 2.30. The van der Waals surface area contributed by atoms with E-state index in [1.807, 2.05) is 6.92 Å². The molecule has 2 N–H and O–H groups in total. The van der Waals surface area contributed by atoms with E-state index in [0.717, 1.165) is 5.56 Å². The van der Waals surface area contributed by atoms with Crippen LogP contribution in [0.4, 0.5) is 0 Å². The standard InChI is InChI=1S/C15H11NO4/c1-2-7-5-9-6-8(15(19)20)3-4-10(9)12-11(7)13(17)16-14(12)18/h3-6H,2H2,1H3,(H,19,20)(H,16,17,18). The molecule has 0 saturated carbocycles. The van der Waals surface area contributed by atoms with Crippen molar-refractivity contribution < 1.29 is 19.5 Å². The van der Waals surface area contributed by atoms with Crippen LogP contribution in [0.5, 0.6) is 0 Å². The number of fused-ring (bicyclic) bond motifs is 3. The molecule has 0 saturated heterocycles. The van der Waals surface area contributed by atoms with Gasteiger partial charge >= 0.3 is 5.97 Å². The summed E-state index contributed by atoms with van der Waals surface area (Å²) in [6.07, 6.45) is 0.594. The number of carboxylic acid groups (broad SMARTS) is 1. The Morgan fingerprint density at radius 3 is 2.50 bits per heavy atom. The molecule has 100 valence electrons. The van der Waals surface area contributed by atoms with Crippen molar-refractivity contribution in [1.82, 2.24) is 5.32 Å². The third kappa shape index (κ3) is 1.60. The lowest BCUT2D eigenvalue weighted by Crippen LogP contribution is -2.20. The number of hydrogen-bond donors (Lipinski definition) is 2. The van der Waals surface area contributed by atoms with Gasteiger partial charge in [-0.1, -0.05) is 19.1 Å². The Morgan fingerprint density at radius 1 is 1.15 bits per heavy atom. The van der Waals surface area contributed by atoms with E-state index in [1.54, 1.807) is 12.1 Å². The van der Waals surface area contributed by atoms with Gasteiger partial charge < -0.3 is 5.11 Å². The zero-order valence-electron chi connectivity index (χ0n) is 10.7. The predicted octanol–water partition coefficient (Wildman–Crippen LogP) is 1.98. The quantitative estimate of drug-likeness (QED) is 0.816. The zero-order chi connectivity index (χ0) is 14.4. The molecular formula is C15H11NO4. The molecule has 0 spiro atoms. The second kappa shape index (κ2) is 4.16. The number of hydrogen-bond acceptors (Lipinski definition) is 3. The average Bonchev–Trinajstić information content (AvgIpc) is 2.73. The number of aromatic carboxylic acids is 1. The van der Waals surface area contributed by atoms with E-state index < -0.39 is 11.9 Å². The Balaban J connectivity index is 2.41. The van der Waals surface area contributed by atoms with E-state index in [4.69, 9.17) is 5.11 Å². The van der Waals surface area contributed by atoms with Crippen LogP contribution in [0.15, 0.2) is 24.3 Å². The molecule has 0 bridgehead atoms. The van der Waals surface area contributed by atoms with Crippen LogP contribution >= 0.6 is 0 Å². The molecule has 0 aliphatic carbocycles. The Labute approximate surface area is 114 Å². The summed E-state index contributed by atoms with van der Waals surface area (Å²) in [5, 5.41) is 12.6. The van der Waals surface area contributed by atoms with Crippen LogP contribution in [0.3, 0.4) is 0 Å². The van der Waals surface area contributed by atoms with Gasteiger partial charge in [-0.15, -0.1) is 0 Å². The summed E-state index contributed by atoms with van der Waals surface area (Å²) < 4.78 is 0. The Morgan fingerprint density at radius 2 is 1.85 bits per heavy atom. The molecule has 1 heterocycles. The molecule has 0 aromatic heterocycles. The Bertz CT molecular complexity index is 792. The molecule has 0 unspecified atom stereocenters. The molecule has 2 aromatic carbocycles. The highest BCUT2D eigenvalue weighted by atomic mass is 16.4. The summed E-state index contributed by atoms with van der Waals surface area (Å²) in [6, 6.07) is 6.31. The Kier molecular flexibility index (Phi) is 2.57. The van der Waals surface area contributed by atoms with E-state index in [1.165, 1.54) is 12.1 Å². The largest absolute Gasteiger partial charge is 0.478 e. The maximum atomic E-state index is 11.9. The normalized spacial score (nSPS) is 13.4. The highest BCUT2D eigenvalue weighted by Gasteiger charge is 2.31. The molecule has 2 amide bonds. The summed E-state index contributed by atoms with van der Waals surface area (Å²) in [5.74, 6) is -1.83. The number of rotatable bonds is 2. The molecule has 0 radical (unpaired) electrons. The van der Waals surface area contributed by atoms with Crippen molar-refractivity contribution in [2.24, 2.45) is 0 Å². The Hall–Kier alpha value is -2.69. The molecule has 20 heavy (non-hydrogen) atoms. The predicted molar refractivity (Wildman–Crippen MR) is 72.1 cm³/mol. The second-order valence-electron chi connectivity index (χ2n) is 4.66. The lowest BCUT2D eigenvalue weighted by molar-refractivity contribution is 0.0696. The van der Waals surface area contributed by atoms with Crippen LogP contribution in [0, 0.1) is 0 Å². The monoisotopic (exact) mass is 269 g/mol. The third-order valence-electron chi connectivity index (χ3n) is 3.53. The van der Waals surface area contributed by atoms with E-state index in [-0.39, 0.29) is 11.5 Å². The van der Waals surface area contributed by atoms with Crippen molar-refractivity contribution >= 4 is 28.6 Å². The second-order valence-corrected chi connectivity index (χ2v) is 4.66. The number of nitrogens with one attached hydrogen (secondary N) is 1. The molecule has 3 rings (SSSR count). The van der Waals surface area contributed by atoms with Crippen LogP contribution in [0.25, 0.3) is 10.8 Å². The average molecular weight is 269 g/mol. The lowest BCUT2D eigenvalue weighted by Gasteiger charge is -2.08. The van der Waals surface area contributed by atoms with E-state index in [9.17, 15) is 14.4 Å². The first kappa shape index (κ1) is 12.3. The molecule has 5 nitrogen and oxygen atoms in total. The first-order chi connectivity index (χ1) is 9.52. The summed E-state index contributed by atoms with van der Waals surface area (Å²) >= 11 is 0. The summed E-state index contributed by atoms with van der Waals surface area (Å²) in [5.41, 5.74) is 1.66. The number of aryl methyl sites for hydroxylation is 1. The van der Waals surface area contributed by atoms with Gasteiger partial charge in [0.25, 0.3) is 11.8 Å². The van der Waals surface area contributed by atoms with Gasteiger partial charge in [0.1, 0.15) is 0 Å². The number of amides is 2. The van der Waals surface area contributed by atoms with Crippen molar-refractivity contribution in [3.63, 3.8) is 0 Å². The fourth-order valence-corrected chi connectivity index (χ4v) is 2.60. The van der Waals surface area contributed by atoms with Gasteiger partial charge in [0.2, 0.25) is 0 Å².